The van der Waals surface area contributed by atoms with E-state index in [1.165, 1.54) is 43.2 Å². The molecule has 0 atom stereocenters. The monoisotopic (exact) mass is 420 g/mol. The quantitative estimate of drug-likeness (QED) is 0.649. The van der Waals surface area contributed by atoms with Gasteiger partial charge in [-0.15, -0.1) is 0 Å². The van der Waals surface area contributed by atoms with Gasteiger partial charge in [-0.1, -0.05) is 24.6 Å². The average molecular weight is 421 g/mol. The maximum atomic E-state index is 13.4. The number of piperidine rings is 2. The zero-order valence-electron chi connectivity index (χ0n) is 17.9. The third-order valence-corrected chi connectivity index (χ3v) is 6.61. The van der Waals surface area contributed by atoms with Crippen LogP contribution in [0.15, 0.2) is 41.5 Å². The molecule has 2 fully saturated rings. The second kappa shape index (κ2) is 8.26. The van der Waals surface area contributed by atoms with Crippen molar-refractivity contribution in [1.29, 1.82) is 0 Å². The third-order valence-electron chi connectivity index (χ3n) is 6.61. The van der Waals surface area contributed by atoms with Crippen LogP contribution in [-0.4, -0.2) is 67.3 Å². The molecular formula is C23H28N6O2. The van der Waals surface area contributed by atoms with Crippen LogP contribution in [0.2, 0.25) is 0 Å². The van der Waals surface area contributed by atoms with Crippen molar-refractivity contribution in [3.05, 3.63) is 52.7 Å². The van der Waals surface area contributed by atoms with Crippen LogP contribution >= 0.6 is 0 Å². The van der Waals surface area contributed by atoms with Crippen molar-refractivity contribution in [3.8, 4) is 5.69 Å². The number of nitrogens with zero attached hydrogens (tertiary/aromatic N) is 6. The van der Waals surface area contributed by atoms with Gasteiger partial charge in [0.25, 0.3) is 11.5 Å². The van der Waals surface area contributed by atoms with E-state index in [1.54, 1.807) is 11.7 Å². The second-order valence-corrected chi connectivity index (χ2v) is 8.57. The molecule has 1 aromatic carbocycles. The van der Waals surface area contributed by atoms with E-state index in [0.717, 1.165) is 18.5 Å². The Kier molecular flexibility index (Phi) is 5.31. The maximum Gasteiger partial charge on any atom is 0.279 e. The Bertz CT molecular complexity index is 1140. The lowest BCUT2D eigenvalue weighted by atomic mass is 9.99. The summed E-state index contributed by atoms with van der Waals surface area (Å²) in [4.78, 5) is 35.2. The van der Waals surface area contributed by atoms with Gasteiger partial charge < -0.3 is 14.4 Å². The summed E-state index contributed by atoms with van der Waals surface area (Å²) in [7, 11) is 1.66. The summed E-state index contributed by atoms with van der Waals surface area (Å²) in [6.45, 7) is 3.78. The highest BCUT2D eigenvalue weighted by Crippen LogP contribution is 2.24. The van der Waals surface area contributed by atoms with Gasteiger partial charge in [-0.3, -0.25) is 9.59 Å². The Morgan fingerprint density at radius 1 is 1.00 bits per heavy atom. The van der Waals surface area contributed by atoms with Crippen LogP contribution in [0, 0.1) is 0 Å². The molecule has 3 aromatic rings. The smallest absolute Gasteiger partial charge is 0.279 e. The highest BCUT2D eigenvalue weighted by atomic mass is 16.2. The van der Waals surface area contributed by atoms with E-state index in [2.05, 4.69) is 15.0 Å². The van der Waals surface area contributed by atoms with Gasteiger partial charge in [0.05, 0.1) is 12.0 Å². The van der Waals surface area contributed by atoms with Crippen LogP contribution in [0.1, 0.15) is 42.6 Å². The van der Waals surface area contributed by atoms with Gasteiger partial charge >= 0.3 is 0 Å². The van der Waals surface area contributed by atoms with Crippen LogP contribution in [0.25, 0.3) is 16.7 Å². The number of amides is 1. The van der Waals surface area contributed by atoms with Gasteiger partial charge in [-0.2, -0.15) is 5.10 Å². The lowest BCUT2D eigenvalue weighted by molar-refractivity contribution is 0.0586. The standard InChI is InChI=1S/C23H28N6O2/c1-26-16-24-19-20(25-29(21(19)23(26)31)18-8-4-2-5-9-18)22(30)28-14-10-17(11-15-28)27-12-6-3-7-13-27/h2,4-5,8-9,16-17H,3,6-7,10-15H2,1H3. The van der Waals surface area contributed by atoms with E-state index >= 15 is 0 Å². The Labute approximate surface area is 181 Å². The molecule has 0 bridgehead atoms. The van der Waals surface area contributed by atoms with E-state index in [1.807, 2.05) is 35.2 Å². The minimum atomic E-state index is -0.218. The zero-order chi connectivity index (χ0) is 21.4. The van der Waals surface area contributed by atoms with Gasteiger partial charge in [0.15, 0.2) is 11.2 Å². The number of benzene rings is 1. The zero-order valence-corrected chi connectivity index (χ0v) is 17.9. The fourth-order valence-electron chi connectivity index (χ4n) is 4.86. The molecule has 0 spiro atoms. The molecule has 2 saturated heterocycles. The number of hydrogen-bond donors (Lipinski definition) is 0. The molecule has 1 amide bonds. The Morgan fingerprint density at radius 3 is 2.42 bits per heavy atom. The van der Waals surface area contributed by atoms with Crippen molar-refractivity contribution in [1.82, 2.24) is 29.1 Å². The number of aryl methyl sites for hydroxylation is 1. The van der Waals surface area contributed by atoms with Crippen LogP contribution in [0.5, 0.6) is 0 Å². The molecule has 0 N–H and O–H groups in total. The second-order valence-electron chi connectivity index (χ2n) is 8.57. The molecule has 2 aliphatic heterocycles. The molecule has 0 unspecified atom stereocenters. The summed E-state index contributed by atoms with van der Waals surface area (Å²) in [5, 5.41) is 4.58. The van der Waals surface area contributed by atoms with Crippen LogP contribution in [-0.2, 0) is 7.05 Å². The fraction of sp³-hybridized carbons (Fsp3) is 0.478. The number of rotatable bonds is 3. The maximum absolute atomic E-state index is 13.4. The number of carbonyl (C=O) groups excluding carboxylic acids is 1. The number of para-hydroxylation sites is 1. The molecule has 8 heteroatoms. The van der Waals surface area contributed by atoms with E-state index in [0.29, 0.717) is 30.2 Å². The number of fused-ring (bicyclic) bond motifs is 1. The van der Waals surface area contributed by atoms with E-state index in [-0.39, 0.29) is 17.2 Å². The summed E-state index contributed by atoms with van der Waals surface area (Å²) in [5.41, 5.74) is 1.48. The fourth-order valence-corrected chi connectivity index (χ4v) is 4.86. The third kappa shape index (κ3) is 3.65. The lowest BCUT2D eigenvalue weighted by Gasteiger charge is -2.40. The minimum Gasteiger partial charge on any atom is -0.337 e. The topological polar surface area (TPSA) is 76.3 Å². The first-order valence-corrected chi connectivity index (χ1v) is 11.2. The van der Waals surface area contributed by atoms with Crippen LogP contribution in [0.3, 0.4) is 0 Å². The summed E-state index contributed by atoms with van der Waals surface area (Å²) in [5.74, 6) is -0.141. The van der Waals surface area contributed by atoms with E-state index in [4.69, 9.17) is 0 Å². The largest absolute Gasteiger partial charge is 0.337 e. The van der Waals surface area contributed by atoms with E-state index < -0.39 is 0 Å². The first kappa shape index (κ1) is 19.9. The summed E-state index contributed by atoms with van der Waals surface area (Å²) in [6.07, 6.45) is 7.32. The Morgan fingerprint density at radius 2 is 1.71 bits per heavy atom. The minimum absolute atomic E-state index is 0.141. The Hall–Kier alpha value is -3.00. The SMILES string of the molecule is Cn1cnc2c(C(=O)N3CCC(N4CCCCC4)CC3)nn(-c3ccccc3)c2c1=O. The van der Waals surface area contributed by atoms with Crippen LogP contribution < -0.4 is 5.56 Å². The highest BCUT2D eigenvalue weighted by Gasteiger charge is 2.31. The summed E-state index contributed by atoms with van der Waals surface area (Å²) in [6, 6.07) is 9.99. The molecule has 2 aliphatic rings. The first-order chi connectivity index (χ1) is 15.1. The molecule has 0 radical (unpaired) electrons. The number of carbonyl (C=O) groups is 1. The van der Waals surface area contributed by atoms with Crippen molar-refractivity contribution < 1.29 is 4.79 Å². The molecule has 2 aromatic heterocycles. The number of hydrogen-bond acceptors (Lipinski definition) is 5. The number of aromatic nitrogens is 4. The molecule has 8 nitrogen and oxygen atoms in total. The molecule has 4 heterocycles. The normalized spacial score (nSPS) is 18.5. The molecule has 5 rings (SSSR count). The highest BCUT2D eigenvalue weighted by molar-refractivity contribution is 6.03. The lowest BCUT2D eigenvalue weighted by Crippen LogP contribution is -2.48. The summed E-state index contributed by atoms with van der Waals surface area (Å²) >= 11 is 0. The molecule has 31 heavy (non-hydrogen) atoms. The van der Waals surface area contributed by atoms with Gasteiger partial charge in [-0.05, 0) is 50.9 Å². The Balaban J connectivity index is 1.44. The molecule has 162 valence electrons. The van der Waals surface area contributed by atoms with Crippen molar-refractivity contribution in [2.24, 2.45) is 7.05 Å². The molecule has 0 saturated carbocycles. The van der Waals surface area contributed by atoms with Crippen molar-refractivity contribution in [2.75, 3.05) is 26.2 Å². The van der Waals surface area contributed by atoms with Crippen LogP contribution in [0.4, 0.5) is 0 Å². The predicted octanol–water partition coefficient (Wildman–Crippen LogP) is 2.21. The van der Waals surface area contributed by atoms with Gasteiger partial charge in [0.1, 0.15) is 5.52 Å². The average Bonchev–Trinajstić information content (AvgIpc) is 3.22. The van der Waals surface area contributed by atoms with Gasteiger partial charge in [-0.25, -0.2) is 9.67 Å². The van der Waals surface area contributed by atoms with Crippen molar-refractivity contribution >= 4 is 16.9 Å². The van der Waals surface area contributed by atoms with Crippen molar-refractivity contribution in [3.63, 3.8) is 0 Å². The number of likely N-dealkylation sites (tertiary alicyclic amines) is 2. The predicted molar refractivity (Wildman–Crippen MR) is 118 cm³/mol. The van der Waals surface area contributed by atoms with E-state index in [9.17, 15) is 9.59 Å². The van der Waals surface area contributed by atoms with Crippen molar-refractivity contribution in [2.45, 2.75) is 38.1 Å². The van der Waals surface area contributed by atoms with Gasteiger partial charge in [0.2, 0.25) is 0 Å². The summed E-state index contributed by atoms with van der Waals surface area (Å²) < 4.78 is 2.97. The molecule has 0 aliphatic carbocycles. The first-order valence-electron chi connectivity index (χ1n) is 11.2. The van der Waals surface area contributed by atoms with Gasteiger partial charge in [0, 0.05) is 26.2 Å². The molecular weight excluding hydrogens is 392 g/mol.